The van der Waals surface area contributed by atoms with Crippen LogP contribution in [0.25, 0.3) is 0 Å². The lowest BCUT2D eigenvalue weighted by molar-refractivity contribution is -0.134. The first-order chi connectivity index (χ1) is 13.6. The minimum absolute atomic E-state index is 0.0806. The van der Waals surface area contributed by atoms with Gasteiger partial charge in [-0.15, -0.1) is 0 Å². The van der Waals surface area contributed by atoms with E-state index in [9.17, 15) is 9.59 Å². The second kappa shape index (κ2) is 8.05. The molecule has 146 valence electrons. The molecule has 0 aliphatic carbocycles. The molecule has 0 spiro atoms. The molecule has 5 nitrogen and oxygen atoms in total. The van der Waals surface area contributed by atoms with Gasteiger partial charge in [-0.2, -0.15) is 0 Å². The van der Waals surface area contributed by atoms with Gasteiger partial charge < -0.3 is 15.1 Å². The standard InChI is InChI=1S/C23H27N3O2/c1-17-7-9-18(10-8-17)14-26-15-19(13-22(26)27)23(28)25-12-11-21(16-25)24-20-5-3-2-4-6-20/h2-10,19,21,24H,11-16H2,1H3. The fraction of sp³-hybridized carbons (Fsp3) is 0.391. The van der Waals surface area contributed by atoms with Gasteiger partial charge in [0.2, 0.25) is 11.8 Å². The number of carbonyl (C=O) groups is 2. The molecule has 2 saturated heterocycles. The van der Waals surface area contributed by atoms with E-state index in [1.807, 2.05) is 40.1 Å². The predicted octanol–water partition coefficient (Wildman–Crippen LogP) is 3.06. The molecular weight excluding hydrogens is 350 g/mol. The third-order valence-electron chi connectivity index (χ3n) is 5.70. The first-order valence-corrected chi connectivity index (χ1v) is 10.0. The number of hydrogen-bond donors (Lipinski definition) is 1. The van der Waals surface area contributed by atoms with Crippen molar-refractivity contribution in [2.45, 2.75) is 32.4 Å². The van der Waals surface area contributed by atoms with Gasteiger partial charge >= 0.3 is 0 Å². The maximum atomic E-state index is 13.0. The maximum absolute atomic E-state index is 13.0. The van der Waals surface area contributed by atoms with Crippen molar-refractivity contribution < 1.29 is 9.59 Å². The zero-order valence-corrected chi connectivity index (χ0v) is 16.3. The van der Waals surface area contributed by atoms with Gasteiger partial charge in [0.15, 0.2) is 0 Å². The van der Waals surface area contributed by atoms with Crippen molar-refractivity contribution in [3.63, 3.8) is 0 Å². The van der Waals surface area contributed by atoms with Crippen LogP contribution in [0.5, 0.6) is 0 Å². The Hall–Kier alpha value is -2.82. The van der Waals surface area contributed by atoms with Gasteiger partial charge in [0.1, 0.15) is 0 Å². The molecule has 0 aromatic heterocycles. The van der Waals surface area contributed by atoms with Crippen molar-refractivity contribution in [1.29, 1.82) is 0 Å². The van der Waals surface area contributed by atoms with E-state index in [0.717, 1.165) is 24.2 Å². The highest BCUT2D eigenvalue weighted by Gasteiger charge is 2.38. The van der Waals surface area contributed by atoms with Gasteiger partial charge in [-0.3, -0.25) is 9.59 Å². The molecule has 2 amide bonds. The Morgan fingerprint density at radius 3 is 2.57 bits per heavy atom. The highest BCUT2D eigenvalue weighted by molar-refractivity contribution is 5.89. The number of aryl methyl sites for hydroxylation is 1. The molecule has 2 unspecified atom stereocenters. The predicted molar refractivity (Wildman–Crippen MR) is 110 cm³/mol. The number of benzene rings is 2. The van der Waals surface area contributed by atoms with Crippen molar-refractivity contribution in [3.05, 3.63) is 65.7 Å². The summed E-state index contributed by atoms with van der Waals surface area (Å²) in [6, 6.07) is 18.6. The lowest BCUT2D eigenvalue weighted by Gasteiger charge is -2.21. The van der Waals surface area contributed by atoms with Crippen molar-refractivity contribution in [1.82, 2.24) is 9.80 Å². The zero-order valence-electron chi connectivity index (χ0n) is 16.3. The van der Waals surface area contributed by atoms with E-state index in [1.54, 1.807) is 0 Å². The number of nitrogens with one attached hydrogen (secondary N) is 1. The van der Waals surface area contributed by atoms with Crippen LogP contribution in [-0.2, 0) is 16.1 Å². The van der Waals surface area contributed by atoms with Crippen molar-refractivity contribution in [3.8, 4) is 0 Å². The van der Waals surface area contributed by atoms with Gasteiger partial charge in [0.05, 0.1) is 5.92 Å². The maximum Gasteiger partial charge on any atom is 0.228 e. The summed E-state index contributed by atoms with van der Waals surface area (Å²) in [5, 5.41) is 3.50. The molecule has 2 fully saturated rings. The molecule has 2 aliphatic rings. The number of para-hydroxylation sites is 1. The highest BCUT2D eigenvalue weighted by atomic mass is 16.2. The van der Waals surface area contributed by atoms with Crippen LogP contribution in [-0.4, -0.2) is 47.3 Å². The molecule has 2 heterocycles. The van der Waals surface area contributed by atoms with Crippen LogP contribution in [0.3, 0.4) is 0 Å². The van der Waals surface area contributed by atoms with Crippen LogP contribution in [0.2, 0.25) is 0 Å². The molecule has 2 aromatic rings. The summed E-state index contributed by atoms with van der Waals surface area (Å²) in [5.74, 6) is -0.0115. The van der Waals surface area contributed by atoms with Crippen LogP contribution in [0.15, 0.2) is 54.6 Å². The fourth-order valence-electron chi connectivity index (χ4n) is 4.11. The normalized spacial score (nSPS) is 22.0. The molecule has 2 aliphatic heterocycles. The molecule has 0 saturated carbocycles. The monoisotopic (exact) mass is 377 g/mol. The van der Waals surface area contributed by atoms with Gasteiger partial charge in [-0.25, -0.2) is 0 Å². The van der Waals surface area contributed by atoms with Crippen molar-refractivity contribution in [2.75, 3.05) is 25.0 Å². The Bertz CT molecular complexity index is 835. The van der Waals surface area contributed by atoms with E-state index < -0.39 is 0 Å². The van der Waals surface area contributed by atoms with Crippen LogP contribution in [0.1, 0.15) is 24.0 Å². The number of amides is 2. The smallest absolute Gasteiger partial charge is 0.228 e. The summed E-state index contributed by atoms with van der Waals surface area (Å²) in [7, 11) is 0. The number of rotatable bonds is 5. The van der Waals surface area contributed by atoms with Gasteiger partial charge in [0.25, 0.3) is 0 Å². The minimum Gasteiger partial charge on any atom is -0.380 e. The van der Waals surface area contributed by atoms with Crippen LogP contribution in [0, 0.1) is 12.8 Å². The van der Waals surface area contributed by atoms with Gasteiger partial charge in [-0.05, 0) is 31.0 Å². The molecule has 0 radical (unpaired) electrons. The highest BCUT2D eigenvalue weighted by Crippen LogP contribution is 2.25. The lowest BCUT2D eigenvalue weighted by atomic mass is 10.1. The summed E-state index contributed by atoms with van der Waals surface area (Å²) in [6.07, 6.45) is 1.27. The molecule has 5 heteroatoms. The fourth-order valence-corrected chi connectivity index (χ4v) is 4.11. The topological polar surface area (TPSA) is 52.7 Å². The van der Waals surface area contributed by atoms with Crippen molar-refractivity contribution >= 4 is 17.5 Å². The second-order valence-electron chi connectivity index (χ2n) is 7.94. The summed E-state index contributed by atoms with van der Waals surface area (Å²) in [4.78, 5) is 29.1. The van der Waals surface area contributed by atoms with Gasteiger partial charge in [-0.1, -0.05) is 48.0 Å². The van der Waals surface area contributed by atoms with E-state index in [4.69, 9.17) is 0 Å². The summed E-state index contributed by atoms with van der Waals surface area (Å²) in [6.45, 7) is 4.62. The Labute approximate surface area is 166 Å². The number of likely N-dealkylation sites (tertiary alicyclic amines) is 2. The summed E-state index contributed by atoms with van der Waals surface area (Å²) in [5.41, 5.74) is 3.40. The second-order valence-corrected chi connectivity index (χ2v) is 7.94. The lowest BCUT2D eigenvalue weighted by Crippen LogP contribution is -2.37. The molecule has 4 rings (SSSR count). The zero-order chi connectivity index (χ0) is 19.5. The average molecular weight is 377 g/mol. The van der Waals surface area contributed by atoms with Crippen molar-refractivity contribution in [2.24, 2.45) is 5.92 Å². The number of anilines is 1. The first kappa shape index (κ1) is 18.5. The third-order valence-corrected chi connectivity index (χ3v) is 5.70. The van der Waals surface area contributed by atoms with E-state index in [-0.39, 0.29) is 23.8 Å². The Kier molecular flexibility index (Phi) is 5.33. The van der Waals surface area contributed by atoms with E-state index in [2.05, 4.69) is 36.5 Å². The SMILES string of the molecule is Cc1ccc(CN2CC(C(=O)N3CCC(Nc4ccccc4)C3)CC2=O)cc1. The summed E-state index contributed by atoms with van der Waals surface area (Å²) >= 11 is 0. The summed E-state index contributed by atoms with van der Waals surface area (Å²) < 4.78 is 0. The first-order valence-electron chi connectivity index (χ1n) is 10.0. The average Bonchev–Trinajstić information content (AvgIpc) is 3.31. The van der Waals surface area contributed by atoms with Crippen LogP contribution < -0.4 is 5.32 Å². The minimum atomic E-state index is -0.214. The molecule has 2 atom stereocenters. The number of hydrogen-bond acceptors (Lipinski definition) is 3. The van der Waals surface area contributed by atoms with E-state index in [0.29, 0.717) is 26.1 Å². The Morgan fingerprint density at radius 2 is 1.82 bits per heavy atom. The Morgan fingerprint density at radius 1 is 1.07 bits per heavy atom. The molecule has 2 aromatic carbocycles. The quantitative estimate of drug-likeness (QED) is 0.871. The molecule has 1 N–H and O–H groups in total. The largest absolute Gasteiger partial charge is 0.380 e. The third kappa shape index (κ3) is 4.19. The molecule has 28 heavy (non-hydrogen) atoms. The van der Waals surface area contributed by atoms with Crippen LogP contribution in [0.4, 0.5) is 5.69 Å². The molecule has 0 bridgehead atoms. The van der Waals surface area contributed by atoms with Gasteiger partial charge in [0, 0.05) is 44.3 Å². The van der Waals surface area contributed by atoms with Crippen LogP contribution >= 0.6 is 0 Å². The van der Waals surface area contributed by atoms with E-state index >= 15 is 0 Å². The number of nitrogens with zero attached hydrogens (tertiary/aromatic N) is 2. The Balaban J connectivity index is 1.31. The van der Waals surface area contributed by atoms with E-state index in [1.165, 1.54) is 5.56 Å². The number of carbonyl (C=O) groups excluding carboxylic acids is 2. The molecular formula is C23H27N3O2.